The maximum absolute atomic E-state index is 13.4. The lowest BCUT2D eigenvalue weighted by molar-refractivity contribution is -0.133. The lowest BCUT2D eigenvalue weighted by atomic mass is 9.93. The summed E-state index contributed by atoms with van der Waals surface area (Å²) in [6.07, 6.45) is 9.54. The number of amides is 2. The van der Waals surface area contributed by atoms with Crippen molar-refractivity contribution in [1.82, 2.24) is 14.4 Å². The van der Waals surface area contributed by atoms with E-state index in [0.717, 1.165) is 48.7 Å². The quantitative estimate of drug-likeness (QED) is 0.584. The molecule has 30 heavy (non-hydrogen) atoms. The molecule has 0 unspecified atom stereocenters. The number of aryl methyl sites for hydroxylation is 1. The molecule has 1 aromatic heterocycles. The predicted molar refractivity (Wildman–Crippen MR) is 121 cm³/mol. The van der Waals surface area contributed by atoms with Crippen molar-refractivity contribution in [2.75, 3.05) is 6.54 Å². The molecule has 0 saturated heterocycles. The molecule has 0 bridgehead atoms. The molecule has 2 saturated carbocycles. The zero-order valence-corrected chi connectivity index (χ0v) is 19.2. The van der Waals surface area contributed by atoms with E-state index in [1.54, 1.807) is 0 Å². The summed E-state index contributed by atoms with van der Waals surface area (Å²) in [5.74, 6) is 0.0267. The standard InChI is InChI=1S/C24H30BrN3O2/c1-26-14-6-11-22(26)16-27(21-12-13-21)23(29)17-28(20-9-3-2-4-10-20)24(30)18-7-5-8-19(25)15-18/h5-8,11,14-15,20-21H,2-4,9-10,12-13,16-17H2,1H3. The normalized spacial score (nSPS) is 17.0. The molecular formula is C24H30BrN3O2. The minimum Gasteiger partial charge on any atom is -0.353 e. The van der Waals surface area contributed by atoms with E-state index in [1.165, 1.54) is 6.42 Å². The van der Waals surface area contributed by atoms with E-state index in [0.29, 0.717) is 18.2 Å². The first-order valence-corrected chi connectivity index (χ1v) is 11.8. The van der Waals surface area contributed by atoms with Crippen LogP contribution in [0.3, 0.4) is 0 Å². The molecule has 5 nitrogen and oxygen atoms in total. The lowest BCUT2D eigenvalue weighted by Crippen LogP contribution is -2.48. The number of rotatable bonds is 7. The molecule has 2 aromatic rings. The van der Waals surface area contributed by atoms with Gasteiger partial charge in [0, 0.05) is 41.1 Å². The van der Waals surface area contributed by atoms with Crippen molar-refractivity contribution in [1.29, 1.82) is 0 Å². The number of hydrogen-bond donors (Lipinski definition) is 0. The number of nitrogens with zero attached hydrogens (tertiary/aromatic N) is 3. The molecule has 1 heterocycles. The predicted octanol–water partition coefficient (Wildman–Crippen LogP) is 4.75. The summed E-state index contributed by atoms with van der Waals surface area (Å²) >= 11 is 3.47. The number of carbonyl (C=O) groups excluding carboxylic acids is 2. The molecule has 0 spiro atoms. The molecule has 0 atom stereocenters. The fraction of sp³-hybridized carbons (Fsp3) is 0.500. The Morgan fingerprint density at radius 3 is 2.37 bits per heavy atom. The van der Waals surface area contributed by atoms with Gasteiger partial charge >= 0.3 is 0 Å². The van der Waals surface area contributed by atoms with Gasteiger partial charge in [0.15, 0.2) is 0 Å². The second-order valence-electron chi connectivity index (χ2n) is 8.60. The number of carbonyl (C=O) groups is 2. The highest BCUT2D eigenvalue weighted by Gasteiger charge is 2.36. The molecule has 4 rings (SSSR count). The zero-order chi connectivity index (χ0) is 21.1. The highest BCUT2D eigenvalue weighted by molar-refractivity contribution is 9.10. The molecule has 160 valence electrons. The first-order chi connectivity index (χ1) is 14.5. The largest absolute Gasteiger partial charge is 0.353 e. The second kappa shape index (κ2) is 9.38. The Labute approximate surface area is 187 Å². The van der Waals surface area contributed by atoms with Gasteiger partial charge in [0.1, 0.15) is 6.54 Å². The fourth-order valence-corrected chi connectivity index (χ4v) is 4.82. The van der Waals surface area contributed by atoms with Crippen molar-refractivity contribution in [2.45, 2.75) is 63.6 Å². The molecule has 2 amide bonds. The minimum absolute atomic E-state index is 0.0360. The number of hydrogen-bond acceptors (Lipinski definition) is 2. The summed E-state index contributed by atoms with van der Waals surface area (Å²) in [6, 6.07) is 12.0. The van der Waals surface area contributed by atoms with Crippen LogP contribution in [0.15, 0.2) is 47.1 Å². The minimum atomic E-state index is -0.0360. The smallest absolute Gasteiger partial charge is 0.254 e. The summed E-state index contributed by atoms with van der Waals surface area (Å²) in [5, 5.41) is 0. The molecule has 2 aliphatic rings. The van der Waals surface area contributed by atoms with Gasteiger partial charge in [-0.15, -0.1) is 0 Å². The fourth-order valence-electron chi connectivity index (χ4n) is 4.43. The van der Waals surface area contributed by atoms with E-state index in [-0.39, 0.29) is 24.4 Å². The van der Waals surface area contributed by atoms with Crippen LogP contribution in [0.2, 0.25) is 0 Å². The van der Waals surface area contributed by atoms with E-state index in [1.807, 2.05) is 53.4 Å². The van der Waals surface area contributed by atoms with Gasteiger partial charge in [-0.1, -0.05) is 41.3 Å². The summed E-state index contributed by atoms with van der Waals surface area (Å²) in [4.78, 5) is 30.7. The van der Waals surface area contributed by atoms with Crippen LogP contribution in [0.25, 0.3) is 0 Å². The Morgan fingerprint density at radius 1 is 1.00 bits per heavy atom. The number of aromatic nitrogens is 1. The van der Waals surface area contributed by atoms with Gasteiger partial charge < -0.3 is 14.4 Å². The third-order valence-corrected chi connectivity index (χ3v) is 6.84. The van der Waals surface area contributed by atoms with Crippen molar-refractivity contribution < 1.29 is 9.59 Å². The molecule has 0 N–H and O–H groups in total. The van der Waals surface area contributed by atoms with Crippen LogP contribution in [0.1, 0.15) is 61.0 Å². The van der Waals surface area contributed by atoms with Crippen molar-refractivity contribution in [3.63, 3.8) is 0 Å². The van der Waals surface area contributed by atoms with Gasteiger partial charge in [-0.3, -0.25) is 9.59 Å². The summed E-state index contributed by atoms with van der Waals surface area (Å²) in [6.45, 7) is 0.771. The molecule has 0 radical (unpaired) electrons. The highest BCUT2D eigenvalue weighted by Crippen LogP contribution is 2.30. The van der Waals surface area contributed by atoms with E-state index in [9.17, 15) is 9.59 Å². The average molecular weight is 472 g/mol. The lowest BCUT2D eigenvalue weighted by Gasteiger charge is -2.35. The van der Waals surface area contributed by atoms with Crippen LogP contribution in [-0.2, 0) is 18.4 Å². The van der Waals surface area contributed by atoms with E-state index >= 15 is 0 Å². The van der Waals surface area contributed by atoms with Gasteiger partial charge in [0.25, 0.3) is 5.91 Å². The second-order valence-corrected chi connectivity index (χ2v) is 9.51. The van der Waals surface area contributed by atoms with Crippen LogP contribution in [0.4, 0.5) is 0 Å². The topological polar surface area (TPSA) is 45.6 Å². The van der Waals surface area contributed by atoms with Gasteiger partial charge in [0.2, 0.25) is 5.91 Å². The SMILES string of the molecule is Cn1cccc1CN(C(=O)CN(C(=O)c1cccc(Br)c1)C1CCCCC1)C1CC1. The van der Waals surface area contributed by atoms with Crippen molar-refractivity contribution in [3.8, 4) is 0 Å². The molecular weight excluding hydrogens is 442 g/mol. The molecule has 2 aliphatic carbocycles. The van der Waals surface area contributed by atoms with Gasteiger partial charge in [-0.25, -0.2) is 0 Å². The van der Waals surface area contributed by atoms with E-state index in [4.69, 9.17) is 0 Å². The first kappa shape index (κ1) is 21.2. The van der Waals surface area contributed by atoms with Crippen LogP contribution < -0.4 is 0 Å². The Bertz CT molecular complexity index is 899. The zero-order valence-electron chi connectivity index (χ0n) is 17.6. The maximum atomic E-state index is 13.4. The third-order valence-electron chi connectivity index (χ3n) is 6.35. The number of halogens is 1. The summed E-state index contributed by atoms with van der Waals surface area (Å²) < 4.78 is 2.94. The van der Waals surface area contributed by atoms with Crippen LogP contribution in [0, 0.1) is 0 Å². The maximum Gasteiger partial charge on any atom is 0.254 e. The van der Waals surface area contributed by atoms with E-state index in [2.05, 4.69) is 26.6 Å². The Morgan fingerprint density at radius 2 is 1.73 bits per heavy atom. The molecule has 0 aliphatic heterocycles. The van der Waals surface area contributed by atoms with Crippen molar-refractivity contribution in [3.05, 3.63) is 58.3 Å². The molecule has 6 heteroatoms. The van der Waals surface area contributed by atoms with Gasteiger partial charge in [0.05, 0.1) is 6.54 Å². The Hall–Kier alpha value is -2.08. The van der Waals surface area contributed by atoms with Crippen LogP contribution in [-0.4, -0.2) is 44.8 Å². The first-order valence-electron chi connectivity index (χ1n) is 11.0. The van der Waals surface area contributed by atoms with Gasteiger partial charge in [-0.2, -0.15) is 0 Å². The molecule has 2 fully saturated rings. The highest BCUT2D eigenvalue weighted by atomic mass is 79.9. The van der Waals surface area contributed by atoms with Crippen LogP contribution in [0.5, 0.6) is 0 Å². The molecule has 1 aromatic carbocycles. The van der Waals surface area contributed by atoms with Gasteiger partial charge in [-0.05, 0) is 56.0 Å². The monoisotopic (exact) mass is 471 g/mol. The van der Waals surface area contributed by atoms with Crippen LogP contribution >= 0.6 is 15.9 Å². The Kier molecular flexibility index (Phi) is 6.61. The third kappa shape index (κ3) is 4.97. The number of benzene rings is 1. The van der Waals surface area contributed by atoms with Crippen molar-refractivity contribution >= 4 is 27.7 Å². The van der Waals surface area contributed by atoms with Crippen molar-refractivity contribution in [2.24, 2.45) is 7.05 Å². The summed E-state index contributed by atoms with van der Waals surface area (Å²) in [7, 11) is 2.01. The van der Waals surface area contributed by atoms with E-state index < -0.39 is 0 Å². The Balaban J connectivity index is 1.54. The average Bonchev–Trinajstić information content (AvgIpc) is 3.52. The summed E-state index contributed by atoms with van der Waals surface area (Å²) in [5.41, 5.74) is 1.76.